The van der Waals surface area contributed by atoms with Gasteiger partial charge in [-0.25, -0.2) is 4.98 Å². The second-order valence-corrected chi connectivity index (χ2v) is 5.12. The van der Waals surface area contributed by atoms with Crippen molar-refractivity contribution in [1.82, 2.24) is 14.3 Å². The van der Waals surface area contributed by atoms with Crippen LogP contribution in [0.4, 0.5) is 4.39 Å². The summed E-state index contributed by atoms with van der Waals surface area (Å²) in [5, 5.41) is 0.391. The highest BCUT2D eigenvalue weighted by atomic mass is 35.5. The predicted molar refractivity (Wildman–Crippen MR) is 74.4 cm³/mol. The van der Waals surface area contributed by atoms with Gasteiger partial charge < -0.3 is 4.90 Å². The van der Waals surface area contributed by atoms with Gasteiger partial charge in [-0.1, -0.05) is 30.7 Å². The van der Waals surface area contributed by atoms with Gasteiger partial charge in [0.2, 0.25) is 5.95 Å². The molecule has 0 fully saturated rings. The monoisotopic (exact) mass is 293 g/mol. The first-order chi connectivity index (χ1) is 9.61. The van der Waals surface area contributed by atoms with Crippen LogP contribution in [0.5, 0.6) is 0 Å². The van der Waals surface area contributed by atoms with Crippen LogP contribution in [-0.2, 0) is 0 Å². The Morgan fingerprint density at radius 2 is 2.35 bits per heavy atom. The van der Waals surface area contributed by atoms with Gasteiger partial charge in [-0.15, -0.1) is 0 Å². The molecule has 3 rings (SSSR count). The fraction of sp³-hybridized carbons (Fsp3) is 0.286. The summed E-state index contributed by atoms with van der Waals surface area (Å²) in [6.45, 7) is 2.48. The number of nitrogens with zero attached hydrogens (tertiary/aromatic N) is 3. The van der Waals surface area contributed by atoms with Crippen molar-refractivity contribution in [2.75, 3.05) is 6.54 Å². The quantitative estimate of drug-likeness (QED) is 0.799. The third kappa shape index (κ3) is 1.98. The number of carbonyl (C=O) groups excluding carboxylic acids is 1. The van der Waals surface area contributed by atoms with Gasteiger partial charge in [0.15, 0.2) is 5.69 Å². The van der Waals surface area contributed by atoms with Crippen molar-refractivity contribution in [1.29, 1.82) is 0 Å². The zero-order chi connectivity index (χ0) is 14.3. The average Bonchev–Trinajstić information content (AvgIpc) is 3.03. The minimum absolute atomic E-state index is 0.00954. The summed E-state index contributed by atoms with van der Waals surface area (Å²) in [7, 11) is 0. The SMILES string of the molecule is CCC1C=CCN1C(=O)c1nc2ccc(Cl)cn2c1F. The molecule has 0 aliphatic carbocycles. The summed E-state index contributed by atoms with van der Waals surface area (Å²) in [6.07, 6.45) is 6.08. The number of rotatable bonds is 2. The van der Waals surface area contributed by atoms with Crippen molar-refractivity contribution in [2.45, 2.75) is 19.4 Å². The molecule has 104 valence electrons. The molecule has 0 radical (unpaired) electrons. The predicted octanol–water partition coefficient (Wildman–Crippen LogP) is 2.92. The van der Waals surface area contributed by atoms with Gasteiger partial charge >= 0.3 is 0 Å². The Morgan fingerprint density at radius 3 is 3.10 bits per heavy atom. The molecular weight excluding hydrogens is 281 g/mol. The summed E-state index contributed by atoms with van der Waals surface area (Å²) in [6, 6.07) is 3.21. The van der Waals surface area contributed by atoms with Gasteiger partial charge in [-0.05, 0) is 18.6 Å². The molecular formula is C14H13ClFN3O. The molecule has 0 saturated heterocycles. The number of aromatic nitrogens is 2. The fourth-order valence-corrected chi connectivity index (χ4v) is 2.58. The molecule has 1 aliphatic rings. The molecule has 0 spiro atoms. The van der Waals surface area contributed by atoms with Crippen molar-refractivity contribution in [2.24, 2.45) is 0 Å². The lowest BCUT2D eigenvalue weighted by Gasteiger charge is -2.22. The Labute approximate surface area is 120 Å². The second-order valence-electron chi connectivity index (χ2n) is 4.69. The lowest BCUT2D eigenvalue weighted by Crippen LogP contribution is -2.36. The Bertz CT molecular complexity index is 710. The van der Waals surface area contributed by atoms with E-state index in [-0.39, 0.29) is 17.6 Å². The summed E-state index contributed by atoms with van der Waals surface area (Å²) in [5.41, 5.74) is 0.213. The van der Waals surface area contributed by atoms with Gasteiger partial charge in [0.25, 0.3) is 5.91 Å². The zero-order valence-corrected chi connectivity index (χ0v) is 11.6. The summed E-state index contributed by atoms with van der Waals surface area (Å²) < 4.78 is 15.5. The van der Waals surface area contributed by atoms with Crippen molar-refractivity contribution < 1.29 is 9.18 Å². The van der Waals surface area contributed by atoms with Gasteiger partial charge in [0.1, 0.15) is 5.65 Å². The van der Waals surface area contributed by atoms with E-state index in [1.165, 1.54) is 10.6 Å². The van der Waals surface area contributed by atoms with Gasteiger partial charge in [-0.2, -0.15) is 4.39 Å². The highest BCUT2D eigenvalue weighted by molar-refractivity contribution is 6.30. The van der Waals surface area contributed by atoms with Crippen molar-refractivity contribution in [3.05, 3.63) is 47.1 Å². The van der Waals surface area contributed by atoms with Gasteiger partial charge in [0, 0.05) is 12.7 Å². The van der Waals surface area contributed by atoms with E-state index in [4.69, 9.17) is 11.6 Å². The highest BCUT2D eigenvalue weighted by Crippen LogP contribution is 2.20. The molecule has 1 amide bonds. The first-order valence-corrected chi connectivity index (χ1v) is 6.80. The van der Waals surface area contributed by atoms with E-state index in [0.717, 1.165) is 6.42 Å². The Balaban J connectivity index is 2.02. The molecule has 2 aromatic heterocycles. The number of hydrogen-bond acceptors (Lipinski definition) is 2. The van der Waals surface area contributed by atoms with Crippen LogP contribution < -0.4 is 0 Å². The second kappa shape index (κ2) is 4.90. The third-order valence-corrected chi connectivity index (χ3v) is 3.69. The van der Waals surface area contributed by atoms with Crippen LogP contribution in [0.3, 0.4) is 0 Å². The Hall–Kier alpha value is -1.88. The average molecular weight is 294 g/mol. The maximum absolute atomic E-state index is 14.3. The minimum atomic E-state index is -0.672. The van der Waals surface area contributed by atoms with E-state index in [9.17, 15) is 9.18 Å². The van der Waals surface area contributed by atoms with Crippen LogP contribution in [0.15, 0.2) is 30.5 Å². The zero-order valence-electron chi connectivity index (χ0n) is 10.9. The van der Waals surface area contributed by atoms with E-state index in [1.54, 1.807) is 17.0 Å². The van der Waals surface area contributed by atoms with Crippen LogP contribution in [0, 0.1) is 5.95 Å². The fourth-order valence-electron chi connectivity index (χ4n) is 2.42. The lowest BCUT2D eigenvalue weighted by atomic mass is 10.2. The summed E-state index contributed by atoms with van der Waals surface area (Å²) in [5.74, 6) is -1.06. The summed E-state index contributed by atoms with van der Waals surface area (Å²) in [4.78, 5) is 18.1. The molecule has 3 heterocycles. The Morgan fingerprint density at radius 1 is 1.55 bits per heavy atom. The highest BCUT2D eigenvalue weighted by Gasteiger charge is 2.29. The smallest absolute Gasteiger partial charge is 0.278 e. The normalized spacial score (nSPS) is 18.1. The van der Waals surface area contributed by atoms with E-state index in [1.807, 2.05) is 19.1 Å². The molecule has 2 aromatic rings. The standard InChI is InChI=1S/C14H13ClFN3O/c1-2-10-4-3-7-18(10)14(20)12-13(16)19-8-9(15)5-6-11(19)17-12/h3-6,8,10H,2,7H2,1H3. The first-order valence-electron chi connectivity index (χ1n) is 6.42. The number of pyridine rings is 1. The van der Waals surface area contributed by atoms with Crippen molar-refractivity contribution >= 4 is 23.2 Å². The van der Waals surface area contributed by atoms with Crippen LogP contribution in [0.1, 0.15) is 23.8 Å². The molecule has 1 aliphatic heterocycles. The first kappa shape index (κ1) is 13.1. The van der Waals surface area contributed by atoms with Gasteiger partial charge in [-0.3, -0.25) is 9.20 Å². The topological polar surface area (TPSA) is 37.6 Å². The van der Waals surface area contributed by atoms with E-state index < -0.39 is 5.95 Å². The van der Waals surface area contributed by atoms with Crippen LogP contribution in [0.25, 0.3) is 5.65 Å². The maximum atomic E-state index is 14.3. The molecule has 1 atom stereocenters. The molecule has 0 aromatic carbocycles. The van der Waals surface area contributed by atoms with E-state index in [2.05, 4.69) is 4.98 Å². The van der Waals surface area contributed by atoms with Crippen molar-refractivity contribution in [3.8, 4) is 0 Å². The minimum Gasteiger partial charge on any atom is -0.327 e. The number of fused-ring (bicyclic) bond motifs is 1. The third-order valence-electron chi connectivity index (χ3n) is 3.47. The molecule has 0 saturated carbocycles. The largest absolute Gasteiger partial charge is 0.327 e. The number of halogens is 2. The van der Waals surface area contributed by atoms with Crippen LogP contribution in [-0.4, -0.2) is 32.8 Å². The van der Waals surface area contributed by atoms with E-state index in [0.29, 0.717) is 17.2 Å². The number of hydrogen-bond donors (Lipinski definition) is 0. The molecule has 6 heteroatoms. The van der Waals surface area contributed by atoms with Gasteiger partial charge in [0.05, 0.1) is 11.1 Å². The molecule has 1 unspecified atom stereocenters. The Kier molecular flexibility index (Phi) is 3.22. The van der Waals surface area contributed by atoms with Crippen LogP contribution in [0.2, 0.25) is 5.02 Å². The number of carbonyl (C=O) groups is 1. The summed E-state index contributed by atoms with van der Waals surface area (Å²) >= 11 is 5.83. The number of amides is 1. The van der Waals surface area contributed by atoms with Crippen molar-refractivity contribution in [3.63, 3.8) is 0 Å². The molecule has 0 N–H and O–H groups in total. The molecule has 0 bridgehead atoms. The lowest BCUT2D eigenvalue weighted by molar-refractivity contribution is 0.0737. The van der Waals surface area contributed by atoms with E-state index >= 15 is 0 Å². The molecule has 4 nitrogen and oxygen atoms in total. The maximum Gasteiger partial charge on any atom is 0.278 e. The number of imidazole rings is 1. The molecule has 20 heavy (non-hydrogen) atoms. The van der Waals surface area contributed by atoms with Crippen LogP contribution >= 0.6 is 11.6 Å².